The number of anilines is 2. The van der Waals surface area contributed by atoms with Crippen LogP contribution in [0.3, 0.4) is 0 Å². The van der Waals surface area contributed by atoms with Gasteiger partial charge in [-0.2, -0.15) is 5.10 Å². The van der Waals surface area contributed by atoms with Crippen molar-refractivity contribution in [2.24, 2.45) is 0 Å². The molecule has 0 fully saturated rings. The van der Waals surface area contributed by atoms with E-state index in [9.17, 15) is 0 Å². The van der Waals surface area contributed by atoms with Crippen LogP contribution in [-0.4, -0.2) is 47.5 Å². The van der Waals surface area contributed by atoms with Gasteiger partial charge in [-0.3, -0.25) is 4.57 Å². The van der Waals surface area contributed by atoms with E-state index in [1.165, 1.54) is 39.0 Å². The summed E-state index contributed by atoms with van der Waals surface area (Å²) in [5.74, 6) is 2.38. The molecule has 0 spiro atoms. The number of aryl methyl sites for hydroxylation is 1. The molecule has 7 nitrogen and oxygen atoms in total. The maximum atomic E-state index is 6.51. The van der Waals surface area contributed by atoms with Crippen LogP contribution in [0.5, 0.6) is 11.5 Å². The molecule has 0 bridgehead atoms. The molecule has 0 saturated carbocycles. The number of hydrogen-bond acceptors (Lipinski definition) is 5. The van der Waals surface area contributed by atoms with Gasteiger partial charge in [-0.05, 0) is 92.4 Å². The maximum Gasteiger partial charge on any atom is 0.137 e. The van der Waals surface area contributed by atoms with E-state index < -0.39 is 0 Å². The molecular formula is C40H40N6O. The molecule has 0 aliphatic heterocycles. The van der Waals surface area contributed by atoms with Crippen molar-refractivity contribution in [3.05, 3.63) is 120 Å². The summed E-state index contributed by atoms with van der Waals surface area (Å²) >= 11 is 0. The number of pyridine rings is 1. The summed E-state index contributed by atoms with van der Waals surface area (Å²) in [4.78, 5) is 9.13. The molecule has 4 aromatic carbocycles. The van der Waals surface area contributed by atoms with Gasteiger partial charge < -0.3 is 14.5 Å². The monoisotopic (exact) mass is 620 g/mol. The molecule has 7 aromatic rings. The highest BCUT2D eigenvalue weighted by atomic mass is 16.5. The second kappa shape index (κ2) is 11.7. The highest BCUT2D eigenvalue weighted by Gasteiger charge is 2.23. The third-order valence-corrected chi connectivity index (χ3v) is 9.17. The van der Waals surface area contributed by atoms with Gasteiger partial charge >= 0.3 is 0 Å². The van der Waals surface area contributed by atoms with Gasteiger partial charge in [0.15, 0.2) is 0 Å². The van der Waals surface area contributed by atoms with Crippen molar-refractivity contribution >= 4 is 33.2 Å². The number of rotatable bonds is 7. The van der Waals surface area contributed by atoms with Crippen LogP contribution in [0.2, 0.25) is 0 Å². The van der Waals surface area contributed by atoms with Gasteiger partial charge in [-0.1, -0.05) is 24.3 Å². The van der Waals surface area contributed by atoms with Crippen LogP contribution >= 0.6 is 0 Å². The van der Waals surface area contributed by atoms with Crippen LogP contribution in [0.15, 0.2) is 97.5 Å². The van der Waals surface area contributed by atoms with Crippen LogP contribution in [0.25, 0.3) is 44.4 Å². The standard InChI is InChI=1S/C40H40N6O/c1-25-18-19-41-37(20-25)46-35-15-10-9-14-33(35)34-17-16-32(22-36(34)46)47-31-13-11-12-30(21-31)45-24-29(23-42-45)38-39(43(5)6)27(3)26(2)28(4)40(38)44(7)8/h9-24H,1-8H3. The minimum absolute atomic E-state index is 0.736. The van der Waals surface area contributed by atoms with E-state index in [4.69, 9.17) is 14.8 Å². The lowest BCUT2D eigenvalue weighted by atomic mass is 9.91. The number of benzene rings is 4. The van der Waals surface area contributed by atoms with E-state index in [1.54, 1.807) is 0 Å². The fourth-order valence-corrected chi connectivity index (χ4v) is 6.84. The third-order valence-electron chi connectivity index (χ3n) is 9.17. The number of fused-ring (bicyclic) bond motifs is 3. The smallest absolute Gasteiger partial charge is 0.137 e. The summed E-state index contributed by atoms with van der Waals surface area (Å²) in [7, 11) is 8.44. The molecule has 3 aromatic heterocycles. The topological polar surface area (TPSA) is 51.4 Å². The summed E-state index contributed by atoms with van der Waals surface area (Å²) in [6, 6.07) is 26.9. The summed E-state index contributed by atoms with van der Waals surface area (Å²) in [5, 5.41) is 7.17. The van der Waals surface area contributed by atoms with Gasteiger partial charge in [-0.25, -0.2) is 9.67 Å². The first-order valence-electron chi connectivity index (χ1n) is 15.9. The molecule has 0 radical (unpaired) electrons. The Hall–Kier alpha value is -5.56. The first kappa shape index (κ1) is 30.1. The van der Waals surface area contributed by atoms with Crippen LogP contribution in [0.1, 0.15) is 22.3 Å². The summed E-state index contributed by atoms with van der Waals surface area (Å²) in [5.41, 5.74) is 12.8. The average molecular weight is 621 g/mol. The Bertz CT molecular complexity index is 2260. The van der Waals surface area contributed by atoms with Crippen LogP contribution < -0.4 is 14.5 Å². The van der Waals surface area contributed by atoms with Crippen molar-refractivity contribution in [2.45, 2.75) is 27.7 Å². The molecule has 0 N–H and O–H groups in total. The number of ether oxygens (including phenoxy) is 1. The minimum Gasteiger partial charge on any atom is -0.457 e. The SMILES string of the molecule is Cc1ccnc(-n2c3ccccc3c3ccc(Oc4cccc(-n5cc(-c6c(N(C)C)c(C)c(C)c(C)c6N(C)C)cn5)c4)cc32)c1. The van der Waals surface area contributed by atoms with Crippen LogP contribution in [-0.2, 0) is 0 Å². The zero-order valence-electron chi connectivity index (χ0n) is 28.3. The van der Waals surface area contributed by atoms with Gasteiger partial charge in [0.1, 0.15) is 17.3 Å². The summed E-state index contributed by atoms with van der Waals surface area (Å²) in [6.07, 6.45) is 5.94. The lowest BCUT2D eigenvalue weighted by Gasteiger charge is -2.29. The van der Waals surface area contributed by atoms with Crippen molar-refractivity contribution in [2.75, 3.05) is 38.0 Å². The van der Waals surface area contributed by atoms with Crippen molar-refractivity contribution in [1.29, 1.82) is 0 Å². The van der Waals surface area contributed by atoms with E-state index in [2.05, 4.69) is 125 Å². The normalized spacial score (nSPS) is 11.4. The summed E-state index contributed by atoms with van der Waals surface area (Å²) < 4.78 is 10.6. The minimum atomic E-state index is 0.736. The molecule has 0 amide bonds. The van der Waals surface area contributed by atoms with Gasteiger partial charge in [-0.15, -0.1) is 0 Å². The van der Waals surface area contributed by atoms with Gasteiger partial charge in [0, 0.05) is 86.0 Å². The Morgan fingerprint density at radius 1 is 0.660 bits per heavy atom. The second-order valence-electron chi connectivity index (χ2n) is 12.7. The second-order valence-corrected chi connectivity index (χ2v) is 12.7. The van der Waals surface area contributed by atoms with E-state index >= 15 is 0 Å². The average Bonchev–Trinajstić information content (AvgIpc) is 3.66. The Balaban J connectivity index is 1.27. The largest absolute Gasteiger partial charge is 0.457 e. The van der Waals surface area contributed by atoms with Gasteiger partial charge in [0.2, 0.25) is 0 Å². The van der Waals surface area contributed by atoms with E-state index in [-0.39, 0.29) is 0 Å². The molecule has 0 atom stereocenters. The molecule has 47 heavy (non-hydrogen) atoms. The maximum absolute atomic E-state index is 6.51. The molecule has 7 rings (SSSR count). The van der Waals surface area contributed by atoms with Crippen LogP contribution in [0.4, 0.5) is 11.4 Å². The lowest BCUT2D eigenvalue weighted by molar-refractivity contribution is 0.483. The van der Waals surface area contributed by atoms with E-state index in [0.717, 1.165) is 50.6 Å². The highest BCUT2D eigenvalue weighted by molar-refractivity contribution is 6.09. The van der Waals surface area contributed by atoms with Crippen LogP contribution in [0, 0.1) is 27.7 Å². The number of para-hydroxylation sites is 1. The first-order chi connectivity index (χ1) is 22.6. The molecule has 0 unspecified atom stereocenters. The quantitative estimate of drug-likeness (QED) is 0.178. The van der Waals surface area contributed by atoms with E-state index in [1.807, 2.05) is 47.4 Å². The number of nitrogens with zero attached hydrogens (tertiary/aromatic N) is 6. The lowest BCUT2D eigenvalue weighted by Crippen LogP contribution is -2.18. The Morgan fingerprint density at radius 3 is 2.09 bits per heavy atom. The molecular weight excluding hydrogens is 580 g/mol. The molecule has 0 aliphatic rings. The Morgan fingerprint density at radius 2 is 1.36 bits per heavy atom. The zero-order valence-corrected chi connectivity index (χ0v) is 28.3. The molecule has 236 valence electrons. The fraction of sp³-hybridized carbons (Fsp3) is 0.200. The Kier molecular flexibility index (Phi) is 7.47. The van der Waals surface area contributed by atoms with Crippen molar-refractivity contribution in [3.8, 4) is 34.1 Å². The van der Waals surface area contributed by atoms with E-state index in [0.29, 0.717) is 0 Å². The van der Waals surface area contributed by atoms with Gasteiger partial charge in [0.05, 0.1) is 22.9 Å². The first-order valence-corrected chi connectivity index (χ1v) is 15.9. The summed E-state index contributed by atoms with van der Waals surface area (Å²) in [6.45, 7) is 8.72. The molecule has 7 heteroatoms. The van der Waals surface area contributed by atoms with Gasteiger partial charge in [0.25, 0.3) is 0 Å². The predicted octanol–water partition coefficient (Wildman–Crippen LogP) is 9.19. The molecule has 0 aliphatic carbocycles. The number of aromatic nitrogens is 4. The van der Waals surface area contributed by atoms with Crippen molar-refractivity contribution in [1.82, 2.24) is 19.3 Å². The van der Waals surface area contributed by atoms with Crippen molar-refractivity contribution in [3.63, 3.8) is 0 Å². The zero-order chi connectivity index (χ0) is 33.0. The third kappa shape index (κ3) is 5.18. The number of hydrogen-bond donors (Lipinski definition) is 0. The molecule has 3 heterocycles. The predicted molar refractivity (Wildman–Crippen MR) is 195 cm³/mol. The highest BCUT2D eigenvalue weighted by Crippen LogP contribution is 2.44. The van der Waals surface area contributed by atoms with Crippen molar-refractivity contribution < 1.29 is 4.74 Å². The fourth-order valence-electron chi connectivity index (χ4n) is 6.84. The molecule has 0 saturated heterocycles. The Labute approximate surface area is 276 Å².